The molecule has 1 aliphatic rings. The van der Waals surface area contributed by atoms with E-state index in [9.17, 15) is 5.21 Å². The van der Waals surface area contributed by atoms with Crippen LogP contribution in [-0.4, -0.2) is 38.3 Å². The van der Waals surface area contributed by atoms with Gasteiger partial charge in [0.05, 0.1) is 11.3 Å². The van der Waals surface area contributed by atoms with Crippen molar-refractivity contribution in [2.24, 2.45) is 4.99 Å². The van der Waals surface area contributed by atoms with Gasteiger partial charge in [-0.3, -0.25) is 10.2 Å². The molecule has 0 saturated carbocycles. The van der Waals surface area contributed by atoms with Gasteiger partial charge in [-0.1, -0.05) is 54.6 Å². The van der Waals surface area contributed by atoms with Crippen LogP contribution in [0.4, 0.5) is 11.5 Å². The Balaban J connectivity index is 1.25. The van der Waals surface area contributed by atoms with Crippen LogP contribution in [-0.2, 0) is 0 Å². The summed E-state index contributed by atoms with van der Waals surface area (Å²) in [5.41, 5.74) is 3.94. The summed E-state index contributed by atoms with van der Waals surface area (Å²) in [5.74, 6) is 1.66. The number of allylic oxidation sites excluding steroid dienone is 1. The highest BCUT2D eigenvalue weighted by Crippen LogP contribution is 2.33. The van der Waals surface area contributed by atoms with E-state index in [0.717, 1.165) is 32.8 Å². The van der Waals surface area contributed by atoms with E-state index in [4.69, 9.17) is 4.74 Å². The maximum absolute atomic E-state index is 10.2. The van der Waals surface area contributed by atoms with Gasteiger partial charge < -0.3 is 10.1 Å². The normalized spacial score (nSPS) is 12.9. The number of fused-ring (bicyclic) bond motifs is 1. The number of anilines is 2. The Kier molecular flexibility index (Phi) is 5.98. The Hall–Kier alpha value is -5.08. The summed E-state index contributed by atoms with van der Waals surface area (Å²) in [6.45, 7) is 0.157. The largest absolute Gasteiger partial charge is 0.438 e. The Morgan fingerprint density at radius 1 is 0.811 bits per heavy atom. The van der Waals surface area contributed by atoms with Gasteiger partial charge in [0.15, 0.2) is 5.82 Å². The maximum atomic E-state index is 10.2. The van der Waals surface area contributed by atoms with Crippen LogP contribution in [0.1, 0.15) is 5.56 Å². The molecule has 8 nitrogen and oxygen atoms in total. The summed E-state index contributed by atoms with van der Waals surface area (Å²) >= 11 is 0. The van der Waals surface area contributed by atoms with Gasteiger partial charge >= 0.3 is 0 Å². The number of rotatable bonds is 6. The smallest absolute Gasteiger partial charge is 0.228 e. The maximum Gasteiger partial charge on any atom is 0.228 e. The summed E-state index contributed by atoms with van der Waals surface area (Å²) in [4.78, 5) is 8.39. The summed E-state index contributed by atoms with van der Waals surface area (Å²) in [6.07, 6.45) is 5.02. The molecule has 1 aliphatic heterocycles. The molecule has 6 rings (SSSR count). The second kappa shape index (κ2) is 9.88. The van der Waals surface area contributed by atoms with Crippen molar-refractivity contribution in [3.63, 3.8) is 0 Å². The molecular formula is C29H22N6O2. The zero-order chi connectivity index (χ0) is 25.0. The number of hydrogen-bond donors (Lipinski definition) is 2. The van der Waals surface area contributed by atoms with Crippen LogP contribution < -0.4 is 10.1 Å². The van der Waals surface area contributed by atoms with Gasteiger partial charge in [-0.05, 0) is 42.5 Å². The van der Waals surface area contributed by atoms with E-state index in [2.05, 4.69) is 31.6 Å². The highest BCUT2D eigenvalue weighted by atomic mass is 16.5. The van der Waals surface area contributed by atoms with Gasteiger partial charge in [-0.15, -0.1) is 10.2 Å². The van der Waals surface area contributed by atoms with Crippen LogP contribution in [0.15, 0.2) is 108 Å². The lowest BCUT2D eigenvalue weighted by molar-refractivity contribution is -0.0250. The van der Waals surface area contributed by atoms with E-state index < -0.39 is 0 Å². The molecule has 2 N–H and O–H groups in total. The first-order valence-corrected chi connectivity index (χ1v) is 11.7. The van der Waals surface area contributed by atoms with E-state index in [0.29, 0.717) is 28.7 Å². The third-order valence-electron chi connectivity index (χ3n) is 5.94. The number of pyridine rings is 1. The van der Waals surface area contributed by atoms with E-state index >= 15 is 0 Å². The molecule has 3 heterocycles. The van der Waals surface area contributed by atoms with Crippen molar-refractivity contribution in [1.29, 1.82) is 0 Å². The second-order valence-electron chi connectivity index (χ2n) is 8.34. The molecule has 8 heteroatoms. The first-order valence-electron chi connectivity index (χ1n) is 11.7. The zero-order valence-corrected chi connectivity index (χ0v) is 19.7. The molecule has 0 bridgehead atoms. The highest BCUT2D eigenvalue weighted by molar-refractivity contribution is 6.00. The van der Waals surface area contributed by atoms with E-state index in [1.807, 2.05) is 78.9 Å². The Bertz CT molecular complexity index is 1620. The number of hydrogen-bond acceptors (Lipinski definition) is 8. The van der Waals surface area contributed by atoms with Gasteiger partial charge in [-0.2, -0.15) is 0 Å². The zero-order valence-electron chi connectivity index (χ0n) is 19.7. The standard InChI is InChI=1S/C29H22N6O2/c36-35-19-30-18-16-26(35)25-11-6-17-31-29(25)37-22-14-12-21(13-15-22)32-28-24-10-5-4-9-23(24)27(33-34-28)20-7-2-1-3-8-20/h1-18,36H,19H2,(H,32,34). The molecule has 0 amide bonds. The summed E-state index contributed by atoms with van der Waals surface area (Å²) in [6, 6.07) is 29.3. The molecule has 0 aliphatic carbocycles. The Morgan fingerprint density at radius 3 is 2.41 bits per heavy atom. The minimum atomic E-state index is 0.157. The van der Waals surface area contributed by atoms with Crippen molar-refractivity contribution in [1.82, 2.24) is 20.2 Å². The number of ether oxygens (including phenoxy) is 1. The van der Waals surface area contributed by atoms with E-state index in [1.54, 1.807) is 24.6 Å². The fourth-order valence-electron chi connectivity index (χ4n) is 4.17. The first-order chi connectivity index (χ1) is 18.3. The molecule has 0 fully saturated rings. The van der Waals surface area contributed by atoms with Gasteiger partial charge in [0.2, 0.25) is 5.88 Å². The van der Waals surface area contributed by atoms with Gasteiger partial charge in [0, 0.05) is 34.4 Å². The van der Waals surface area contributed by atoms with Crippen LogP contribution in [0.2, 0.25) is 0 Å². The molecule has 0 atom stereocenters. The second-order valence-corrected chi connectivity index (χ2v) is 8.34. The number of nitrogens with one attached hydrogen (secondary N) is 1. The number of aromatic nitrogens is 3. The SMILES string of the molecule is ON1CN=CC=C1c1cccnc1Oc1ccc(Nc2nnc(-c3ccccc3)c3ccccc23)cc1. The van der Waals surface area contributed by atoms with Crippen LogP contribution in [0, 0.1) is 0 Å². The fourth-order valence-corrected chi connectivity index (χ4v) is 4.17. The predicted octanol–water partition coefficient (Wildman–Crippen LogP) is 6.30. The number of nitrogens with zero attached hydrogens (tertiary/aromatic N) is 5. The summed E-state index contributed by atoms with van der Waals surface area (Å²) in [5, 5.41) is 25.6. The minimum absolute atomic E-state index is 0.157. The van der Waals surface area contributed by atoms with E-state index in [1.165, 1.54) is 0 Å². The molecule has 5 aromatic rings. The lowest BCUT2D eigenvalue weighted by atomic mass is 10.0. The van der Waals surface area contributed by atoms with Gasteiger partial charge in [-0.25, -0.2) is 10.0 Å². The van der Waals surface area contributed by atoms with Crippen molar-refractivity contribution in [2.75, 3.05) is 12.0 Å². The molecule has 0 saturated heterocycles. The molecule has 0 radical (unpaired) electrons. The van der Waals surface area contributed by atoms with Crippen LogP contribution in [0.5, 0.6) is 11.6 Å². The molecular weight excluding hydrogens is 464 g/mol. The van der Waals surface area contributed by atoms with Crippen molar-refractivity contribution in [3.8, 4) is 22.9 Å². The molecule has 37 heavy (non-hydrogen) atoms. The lowest BCUT2D eigenvalue weighted by Gasteiger charge is -2.21. The minimum Gasteiger partial charge on any atom is -0.438 e. The van der Waals surface area contributed by atoms with Crippen molar-refractivity contribution >= 4 is 34.2 Å². The van der Waals surface area contributed by atoms with Crippen molar-refractivity contribution in [2.45, 2.75) is 0 Å². The highest BCUT2D eigenvalue weighted by Gasteiger charge is 2.17. The topological polar surface area (TPSA) is 95.8 Å². The fraction of sp³-hybridized carbons (Fsp3) is 0.0345. The number of benzene rings is 3. The quantitative estimate of drug-likeness (QED) is 0.291. The summed E-state index contributed by atoms with van der Waals surface area (Å²) in [7, 11) is 0. The molecule has 0 spiro atoms. The third kappa shape index (κ3) is 4.61. The van der Waals surface area contributed by atoms with Crippen LogP contribution in [0.3, 0.4) is 0 Å². The molecule has 2 aromatic heterocycles. The van der Waals surface area contributed by atoms with E-state index in [-0.39, 0.29) is 6.67 Å². The average Bonchev–Trinajstić information content (AvgIpc) is 2.95. The first kappa shape index (κ1) is 22.4. The Morgan fingerprint density at radius 2 is 1.59 bits per heavy atom. The lowest BCUT2D eigenvalue weighted by Crippen LogP contribution is -2.21. The van der Waals surface area contributed by atoms with Crippen molar-refractivity contribution < 1.29 is 9.94 Å². The van der Waals surface area contributed by atoms with Crippen LogP contribution in [0.25, 0.3) is 27.7 Å². The average molecular weight is 487 g/mol. The van der Waals surface area contributed by atoms with Gasteiger partial charge in [0.25, 0.3) is 0 Å². The number of aliphatic imine (C=N–C) groups is 1. The third-order valence-corrected chi connectivity index (χ3v) is 5.94. The molecule has 3 aromatic carbocycles. The number of hydroxylamine groups is 2. The molecule has 180 valence electrons. The monoisotopic (exact) mass is 486 g/mol. The predicted molar refractivity (Wildman–Crippen MR) is 144 cm³/mol. The van der Waals surface area contributed by atoms with Gasteiger partial charge in [0.1, 0.15) is 18.1 Å². The summed E-state index contributed by atoms with van der Waals surface area (Å²) < 4.78 is 6.06. The van der Waals surface area contributed by atoms with Crippen molar-refractivity contribution in [3.05, 3.63) is 109 Å². The van der Waals surface area contributed by atoms with Crippen LogP contribution >= 0.6 is 0 Å². The Labute approximate surface area is 213 Å². The molecule has 0 unspecified atom stereocenters.